The third-order valence-electron chi connectivity index (χ3n) is 1.81. The lowest BCUT2D eigenvalue weighted by Crippen LogP contribution is -2.07. The van der Waals surface area contributed by atoms with Crippen molar-refractivity contribution in [3.8, 4) is 0 Å². The van der Waals surface area contributed by atoms with Crippen LogP contribution in [0.5, 0.6) is 0 Å². The second kappa shape index (κ2) is 7.91. The molecule has 0 aromatic heterocycles. The van der Waals surface area contributed by atoms with Gasteiger partial charge in [-0.25, -0.2) is 0 Å². The molecule has 0 amide bonds. The van der Waals surface area contributed by atoms with E-state index >= 15 is 0 Å². The van der Waals surface area contributed by atoms with E-state index in [0.717, 1.165) is 5.92 Å². The first-order chi connectivity index (χ1) is 6.66. The van der Waals surface area contributed by atoms with Crippen LogP contribution in [0.25, 0.3) is 0 Å². The summed E-state index contributed by atoms with van der Waals surface area (Å²) in [5.74, 6) is 0.935. The lowest BCUT2D eigenvalue weighted by molar-refractivity contribution is -0.0875. The molecule has 6 heteroatoms. The van der Waals surface area contributed by atoms with Crippen LogP contribution in [0.2, 0.25) is 0 Å². The molecule has 0 radical (unpaired) electrons. The van der Waals surface area contributed by atoms with E-state index in [9.17, 15) is 22.0 Å². The molecular weight excluding hydrogens is 239 g/mol. The van der Waals surface area contributed by atoms with Gasteiger partial charge in [0.05, 0.1) is 0 Å². The molecule has 0 aliphatic rings. The van der Waals surface area contributed by atoms with Gasteiger partial charge in [-0.1, -0.05) is 45.2 Å². The van der Waals surface area contributed by atoms with Crippen LogP contribution >= 0.6 is 11.6 Å². The van der Waals surface area contributed by atoms with Crippen LogP contribution in [-0.2, 0) is 0 Å². The number of hydrogen-bond acceptors (Lipinski definition) is 0. The van der Waals surface area contributed by atoms with E-state index in [0.29, 0.717) is 0 Å². The molecule has 0 bridgehead atoms. The molecule has 0 aliphatic carbocycles. The largest absolute Gasteiger partial charge is 0.432 e. The van der Waals surface area contributed by atoms with Crippen molar-refractivity contribution in [1.29, 1.82) is 0 Å². The molecule has 0 fully saturated rings. The Labute approximate surface area is 91.1 Å². The Hall–Kier alpha value is -0.320. The normalized spacial score (nSPS) is 10.8. The van der Waals surface area contributed by atoms with E-state index < -0.39 is 17.3 Å². The van der Waals surface area contributed by atoms with Crippen molar-refractivity contribution in [2.24, 2.45) is 5.92 Å². The Bertz CT molecular complexity index is 189. The maximum Gasteiger partial charge on any atom is 0.432 e. The molecule has 0 atom stereocenters. The minimum absolute atomic E-state index is 0.935. The number of hydrogen-bond donors (Lipinski definition) is 0. The van der Waals surface area contributed by atoms with Gasteiger partial charge in [-0.3, -0.25) is 0 Å². The highest BCUT2D eigenvalue weighted by Gasteiger charge is 2.36. The maximum absolute atomic E-state index is 11.0. The zero-order valence-corrected chi connectivity index (χ0v) is 9.52. The van der Waals surface area contributed by atoms with E-state index in [4.69, 9.17) is 0 Å². The van der Waals surface area contributed by atoms with Crippen LogP contribution in [0.3, 0.4) is 0 Å². The molecule has 0 unspecified atom stereocenters. The smallest absolute Gasteiger partial charge is 0.172 e. The Balaban J connectivity index is 0. The van der Waals surface area contributed by atoms with E-state index in [1.807, 2.05) is 0 Å². The number of alkyl halides is 3. The molecule has 0 spiro atoms. The van der Waals surface area contributed by atoms with Crippen molar-refractivity contribution in [1.82, 2.24) is 0 Å². The van der Waals surface area contributed by atoms with Gasteiger partial charge in [0.15, 0.2) is 5.03 Å². The number of halogens is 6. The second-order valence-corrected chi connectivity index (χ2v) is 3.37. The zero-order chi connectivity index (χ0) is 12.6. The molecule has 0 N–H and O–H groups in total. The maximum atomic E-state index is 11.0. The van der Waals surface area contributed by atoms with E-state index in [-0.39, 0.29) is 0 Å². The number of rotatable bonds is 2. The van der Waals surface area contributed by atoms with Gasteiger partial charge >= 0.3 is 6.18 Å². The molecule has 0 rings (SSSR count). The average Bonchev–Trinajstić information content (AvgIpc) is 2.14. The van der Waals surface area contributed by atoms with E-state index in [2.05, 4.69) is 32.4 Å². The van der Waals surface area contributed by atoms with Crippen LogP contribution in [0.15, 0.2) is 11.1 Å². The summed E-state index contributed by atoms with van der Waals surface area (Å²) >= 11 is 4.10. The van der Waals surface area contributed by atoms with Crippen molar-refractivity contribution in [3.63, 3.8) is 0 Å². The summed E-state index contributed by atoms with van der Waals surface area (Å²) in [6.45, 7) is 6.74. The van der Waals surface area contributed by atoms with Crippen LogP contribution in [0.4, 0.5) is 22.0 Å². The monoisotopic (exact) mass is 252 g/mol. The highest BCUT2D eigenvalue weighted by molar-refractivity contribution is 6.30. The van der Waals surface area contributed by atoms with Gasteiger partial charge in [0.1, 0.15) is 0 Å². The molecule has 0 nitrogen and oxygen atoms in total. The van der Waals surface area contributed by atoms with Crippen molar-refractivity contribution in [3.05, 3.63) is 11.1 Å². The van der Waals surface area contributed by atoms with Crippen LogP contribution in [-0.4, -0.2) is 6.18 Å². The van der Waals surface area contributed by atoms with Crippen molar-refractivity contribution >= 4 is 11.6 Å². The van der Waals surface area contributed by atoms with Crippen LogP contribution in [0.1, 0.15) is 33.6 Å². The van der Waals surface area contributed by atoms with Gasteiger partial charge in [-0.2, -0.15) is 22.0 Å². The fourth-order valence-electron chi connectivity index (χ4n) is 0.396. The van der Waals surface area contributed by atoms with Gasteiger partial charge < -0.3 is 0 Å². The predicted molar refractivity (Wildman–Crippen MR) is 50.9 cm³/mol. The van der Waals surface area contributed by atoms with Crippen molar-refractivity contribution < 1.29 is 22.0 Å². The first-order valence-corrected chi connectivity index (χ1v) is 4.82. The zero-order valence-electron chi connectivity index (χ0n) is 8.76. The molecule has 0 saturated heterocycles. The van der Waals surface area contributed by atoms with Crippen molar-refractivity contribution in [2.75, 3.05) is 0 Å². The van der Waals surface area contributed by atoms with E-state index in [1.54, 1.807) is 0 Å². The fourth-order valence-corrected chi connectivity index (χ4v) is 0.396. The highest BCUT2D eigenvalue weighted by Crippen LogP contribution is 2.31. The van der Waals surface area contributed by atoms with Gasteiger partial charge in [0, 0.05) is 0 Å². The minimum Gasteiger partial charge on any atom is -0.172 e. The van der Waals surface area contributed by atoms with Gasteiger partial charge in [-0.05, 0) is 5.92 Å². The Morgan fingerprint density at radius 2 is 1.47 bits per heavy atom. The molecule has 92 valence electrons. The van der Waals surface area contributed by atoms with Gasteiger partial charge in [-0.15, -0.1) is 0 Å². The molecular formula is C9H14ClF5. The quantitative estimate of drug-likeness (QED) is 0.582. The van der Waals surface area contributed by atoms with Crippen LogP contribution in [0, 0.1) is 5.92 Å². The molecule has 0 heterocycles. The minimum atomic E-state index is -5.12. The standard InChI is InChI=1S/C6H14.C3ClF5/c1-4-6(3)5-2;4-1(2(5)6)3(7,8)9/h6H,4-5H2,1-3H3;. The summed E-state index contributed by atoms with van der Waals surface area (Å²) in [6.07, 6.45) is -5.38. The van der Waals surface area contributed by atoms with Crippen LogP contribution < -0.4 is 0 Å². The third kappa shape index (κ3) is 9.97. The molecule has 0 saturated carbocycles. The second-order valence-electron chi connectivity index (χ2n) is 2.99. The Kier molecular flexibility index (Phi) is 9.01. The summed E-state index contributed by atoms with van der Waals surface area (Å²) in [6, 6.07) is 0. The summed E-state index contributed by atoms with van der Waals surface area (Å²) < 4.78 is 55.0. The Morgan fingerprint density at radius 1 is 1.13 bits per heavy atom. The molecule has 0 aromatic carbocycles. The first kappa shape index (κ1) is 17.1. The highest BCUT2D eigenvalue weighted by atomic mass is 35.5. The lowest BCUT2D eigenvalue weighted by atomic mass is 10.1. The number of allylic oxidation sites excluding steroid dienone is 1. The Morgan fingerprint density at radius 3 is 1.47 bits per heavy atom. The summed E-state index contributed by atoms with van der Waals surface area (Å²) in [5, 5.41) is -2.36. The predicted octanol–water partition coefficient (Wildman–Crippen LogP) is 5.34. The molecule has 0 aliphatic heterocycles. The third-order valence-corrected chi connectivity index (χ3v) is 2.17. The lowest BCUT2D eigenvalue weighted by Gasteiger charge is -2.00. The average molecular weight is 253 g/mol. The van der Waals surface area contributed by atoms with Gasteiger partial charge in [0.2, 0.25) is 0 Å². The summed E-state index contributed by atoms with van der Waals surface area (Å²) in [5.41, 5.74) is 0. The first-order valence-electron chi connectivity index (χ1n) is 4.44. The van der Waals surface area contributed by atoms with E-state index in [1.165, 1.54) is 12.8 Å². The summed E-state index contributed by atoms with van der Waals surface area (Å²) in [4.78, 5) is 0. The SMILES string of the molecule is CCC(C)CC.FC(F)=C(Cl)C(F)(F)F. The van der Waals surface area contributed by atoms with Crippen molar-refractivity contribution in [2.45, 2.75) is 39.8 Å². The fraction of sp³-hybridized carbons (Fsp3) is 0.778. The summed E-state index contributed by atoms with van der Waals surface area (Å²) in [7, 11) is 0. The molecule has 15 heavy (non-hydrogen) atoms. The topological polar surface area (TPSA) is 0 Å². The van der Waals surface area contributed by atoms with Gasteiger partial charge in [0.25, 0.3) is 6.08 Å². The molecule has 0 aromatic rings.